The highest BCUT2D eigenvalue weighted by Gasteiger charge is 2.23. The second kappa shape index (κ2) is 9.08. The van der Waals surface area contributed by atoms with Crippen LogP contribution in [-0.2, 0) is 29.2 Å². The van der Waals surface area contributed by atoms with Crippen molar-refractivity contribution in [3.05, 3.63) is 24.3 Å². The fourth-order valence-corrected chi connectivity index (χ4v) is 3.49. The van der Waals surface area contributed by atoms with E-state index >= 15 is 0 Å². The number of sulfonamides is 1. The summed E-state index contributed by atoms with van der Waals surface area (Å²) in [6, 6.07) is 4.56. The number of hydroxylamine groups is 1. The van der Waals surface area contributed by atoms with Crippen LogP contribution in [0.25, 0.3) is 0 Å². The van der Waals surface area contributed by atoms with E-state index in [1.807, 2.05) is 0 Å². The summed E-state index contributed by atoms with van der Waals surface area (Å²) in [6.07, 6.45) is 2.04. The highest BCUT2D eigenvalue weighted by atomic mass is 32.2. The van der Waals surface area contributed by atoms with E-state index in [9.17, 15) is 18.0 Å². The average molecular weight is 385 g/mol. The summed E-state index contributed by atoms with van der Waals surface area (Å²) in [4.78, 5) is 28.1. The molecule has 9 nitrogen and oxygen atoms in total. The van der Waals surface area contributed by atoms with Crippen LogP contribution in [0.15, 0.2) is 29.2 Å². The number of carbonyl (C=O) groups excluding carboxylic acids is 2. The minimum atomic E-state index is -3.90. The van der Waals surface area contributed by atoms with E-state index in [2.05, 4.69) is 15.5 Å². The summed E-state index contributed by atoms with van der Waals surface area (Å²) in [6.45, 7) is 3.33. The Morgan fingerprint density at radius 1 is 1.23 bits per heavy atom. The number of rotatable bonds is 7. The molecule has 0 spiro atoms. The molecule has 0 radical (unpaired) electrons. The molecule has 0 aromatic heterocycles. The molecule has 2 atom stereocenters. The van der Waals surface area contributed by atoms with E-state index in [1.54, 1.807) is 0 Å². The van der Waals surface area contributed by atoms with Crippen LogP contribution < -0.4 is 15.5 Å². The first-order chi connectivity index (χ1) is 12.3. The topological polar surface area (TPSA) is 123 Å². The van der Waals surface area contributed by atoms with Crippen molar-refractivity contribution in [2.45, 2.75) is 50.3 Å². The van der Waals surface area contributed by atoms with Gasteiger partial charge in [-0.2, -0.15) is 4.72 Å². The lowest BCUT2D eigenvalue weighted by molar-refractivity contribution is -0.201. The largest absolute Gasteiger partial charge is 0.350 e. The van der Waals surface area contributed by atoms with Crippen LogP contribution >= 0.6 is 0 Å². The number of anilines is 1. The van der Waals surface area contributed by atoms with E-state index in [-0.39, 0.29) is 10.8 Å². The summed E-state index contributed by atoms with van der Waals surface area (Å²) in [7, 11) is -3.90. The first kappa shape index (κ1) is 20.3. The monoisotopic (exact) mass is 385 g/mol. The van der Waals surface area contributed by atoms with Gasteiger partial charge < -0.3 is 10.1 Å². The zero-order valence-corrected chi connectivity index (χ0v) is 15.5. The van der Waals surface area contributed by atoms with Crippen molar-refractivity contribution >= 4 is 27.5 Å². The first-order valence-corrected chi connectivity index (χ1v) is 9.73. The van der Waals surface area contributed by atoms with Gasteiger partial charge in [-0.25, -0.2) is 18.7 Å². The predicted octanol–water partition coefficient (Wildman–Crippen LogP) is 0.886. The van der Waals surface area contributed by atoms with E-state index in [0.29, 0.717) is 18.7 Å². The summed E-state index contributed by atoms with van der Waals surface area (Å²) in [5.41, 5.74) is 2.69. The summed E-state index contributed by atoms with van der Waals surface area (Å²) in [5, 5.41) is 2.54. The fraction of sp³-hybridized carbons (Fsp3) is 0.500. The van der Waals surface area contributed by atoms with Crippen molar-refractivity contribution in [3.63, 3.8) is 0 Å². The molecule has 2 rings (SSSR count). The molecular formula is C16H23N3O6S. The predicted molar refractivity (Wildman–Crippen MR) is 93.3 cm³/mol. The van der Waals surface area contributed by atoms with E-state index in [4.69, 9.17) is 9.57 Å². The van der Waals surface area contributed by atoms with Gasteiger partial charge in [0, 0.05) is 25.6 Å². The highest BCUT2D eigenvalue weighted by molar-refractivity contribution is 7.89. The van der Waals surface area contributed by atoms with Crippen LogP contribution in [0.3, 0.4) is 0 Å². The Hall–Kier alpha value is -2.01. The molecule has 2 amide bonds. The lowest BCUT2D eigenvalue weighted by Crippen LogP contribution is -2.46. The summed E-state index contributed by atoms with van der Waals surface area (Å²) in [5.74, 6) is -0.886. The van der Waals surface area contributed by atoms with Crippen LogP contribution in [-0.4, -0.2) is 39.2 Å². The van der Waals surface area contributed by atoms with Gasteiger partial charge in [0.25, 0.3) is 5.91 Å². The minimum Gasteiger partial charge on any atom is -0.350 e. The van der Waals surface area contributed by atoms with Gasteiger partial charge in [-0.15, -0.1) is 0 Å². The van der Waals surface area contributed by atoms with Crippen molar-refractivity contribution in [1.82, 2.24) is 10.2 Å². The molecular weight excluding hydrogens is 362 g/mol. The van der Waals surface area contributed by atoms with Gasteiger partial charge in [-0.05, 0) is 44.0 Å². The van der Waals surface area contributed by atoms with Gasteiger partial charge >= 0.3 is 0 Å². The number of hydrogen-bond donors (Lipinski definition) is 3. The highest BCUT2D eigenvalue weighted by Crippen LogP contribution is 2.15. The third kappa shape index (κ3) is 6.06. The van der Waals surface area contributed by atoms with Gasteiger partial charge in [0.2, 0.25) is 15.9 Å². The van der Waals surface area contributed by atoms with E-state index < -0.39 is 28.3 Å². The molecule has 1 aliphatic heterocycles. The number of amides is 2. The van der Waals surface area contributed by atoms with Crippen molar-refractivity contribution < 1.29 is 27.6 Å². The Balaban J connectivity index is 1.90. The maximum atomic E-state index is 12.3. The number of nitrogens with one attached hydrogen (secondary N) is 3. The van der Waals surface area contributed by atoms with Crippen molar-refractivity contribution in [2.24, 2.45) is 0 Å². The Morgan fingerprint density at radius 2 is 1.92 bits per heavy atom. The standard InChI is InChI=1S/C16H23N3O6S/c1-11(16(21)18-25-15-5-3-4-10-24-15)19-26(22,23)14-8-6-13(7-9-14)17-12(2)20/h6-9,11,15,19H,3-5,10H2,1-2H3,(H,17,20)(H,18,21)/t11-,15?/m0/s1. The second-order valence-corrected chi connectivity index (χ2v) is 7.64. The van der Waals surface area contributed by atoms with Gasteiger partial charge in [0.15, 0.2) is 6.29 Å². The smallest absolute Gasteiger partial charge is 0.261 e. The lowest BCUT2D eigenvalue weighted by Gasteiger charge is -2.23. The first-order valence-electron chi connectivity index (χ1n) is 8.25. The van der Waals surface area contributed by atoms with Crippen LogP contribution in [0, 0.1) is 0 Å². The quantitative estimate of drug-likeness (QED) is 0.599. The molecule has 1 fully saturated rings. The molecule has 0 saturated carbocycles. The van der Waals surface area contributed by atoms with Crippen LogP contribution in [0.2, 0.25) is 0 Å². The van der Waals surface area contributed by atoms with Crippen molar-refractivity contribution in [2.75, 3.05) is 11.9 Å². The maximum Gasteiger partial charge on any atom is 0.261 e. The minimum absolute atomic E-state index is 0.0252. The summed E-state index contributed by atoms with van der Waals surface area (Å²) >= 11 is 0. The maximum absolute atomic E-state index is 12.3. The molecule has 0 bridgehead atoms. The Kier molecular flexibility index (Phi) is 7.09. The fourth-order valence-electron chi connectivity index (χ4n) is 2.29. The van der Waals surface area contributed by atoms with E-state index in [0.717, 1.165) is 12.8 Å². The number of ether oxygens (including phenoxy) is 1. The summed E-state index contributed by atoms with van der Waals surface area (Å²) < 4.78 is 32.3. The molecule has 0 aliphatic carbocycles. The number of carbonyl (C=O) groups is 2. The molecule has 1 saturated heterocycles. The zero-order valence-electron chi connectivity index (χ0n) is 14.7. The average Bonchev–Trinajstić information content (AvgIpc) is 2.60. The second-order valence-electron chi connectivity index (χ2n) is 5.93. The Bertz CT molecular complexity index is 729. The molecule has 3 N–H and O–H groups in total. The molecule has 1 aromatic carbocycles. The molecule has 1 aliphatic rings. The van der Waals surface area contributed by atoms with E-state index in [1.165, 1.54) is 38.1 Å². The SMILES string of the molecule is CC(=O)Nc1ccc(S(=O)(=O)N[C@@H](C)C(=O)NOC2CCCCO2)cc1. The zero-order chi connectivity index (χ0) is 19.2. The number of benzene rings is 1. The van der Waals surface area contributed by atoms with Crippen LogP contribution in [0.1, 0.15) is 33.1 Å². The molecule has 1 heterocycles. The van der Waals surface area contributed by atoms with Crippen LogP contribution in [0.5, 0.6) is 0 Å². The molecule has 1 unspecified atom stereocenters. The normalized spacial score (nSPS) is 18.8. The Morgan fingerprint density at radius 3 is 2.50 bits per heavy atom. The Labute approximate surface area is 152 Å². The van der Waals surface area contributed by atoms with Gasteiger partial charge in [-0.1, -0.05) is 0 Å². The van der Waals surface area contributed by atoms with Crippen molar-refractivity contribution in [3.8, 4) is 0 Å². The molecule has 1 aromatic rings. The van der Waals surface area contributed by atoms with Crippen LogP contribution in [0.4, 0.5) is 5.69 Å². The van der Waals surface area contributed by atoms with Gasteiger partial charge in [0.1, 0.15) is 6.04 Å². The third-order valence-electron chi connectivity index (χ3n) is 3.64. The third-order valence-corrected chi connectivity index (χ3v) is 5.20. The number of hydrogen-bond acceptors (Lipinski definition) is 6. The van der Waals surface area contributed by atoms with Gasteiger partial charge in [0.05, 0.1) is 4.90 Å². The van der Waals surface area contributed by atoms with Gasteiger partial charge in [-0.3, -0.25) is 9.59 Å². The van der Waals surface area contributed by atoms with Crippen molar-refractivity contribution in [1.29, 1.82) is 0 Å². The molecule has 26 heavy (non-hydrogen) atoms. The lowest BCUT2D eigenvalue weighted by atomic mass is 10.2. The molecule has 144 valence electrons. The molecule has 10 heteroatoms.